The molecule has 1 aromatic carbocycles. The molecule has 2 nitrogen and oxygen atoms in total. The van der Waals surface area contributed by atoms with E-state index < -0.39 is 33.3 Å². The summed E-state index contributed by atoms with van der Waals surface area (Å²) in [7, 11) is -7.38. The third kappa shape index (κ3) is 5.78. The van der Waals surface area contributed by atoms with Crippen molar-refractivity contribution in [2.45, 2.75) is 52.4 Å². The van der Waals surface area contributed by atoms with Crippen LogP contribution in [0.4, 0.5) is 0 Å². The first-order valence-corrected chi connectivity index (χ1v) is 20.3. The van der Waals surface area contributed by atoms with Crippen LogP contribution in [0, 0.1) is 0 Å². The van der Waals surface area contributed by atoms with Crippen LogP contribution < -0.4 is 10.4 Å². The van der Waals surface area contributed by atoms with E-state index in [4.69, 9.17) is 8.23 Å². The van der Waals surface area contributed by atoms with E-state index in [2.05, 4.69) is 89.8 Å². The molecule has 0 aliphatic heterocycles. The Labute approximate surface area is 153 Å². The van der Waals surface area contributed by atoms with E-state index in [1.165, 1.54) is 10.4 Å². The average Bonchev–Trinajstić information content (AvgIpc) is 2.45. The predicted octanol–water partition coefficient (Wildman–Crippen LogP) is 4.40. The van der Waals surface area contributed by atoms with Gasteiger partial charge in [0.25, 0.3) is 0 Å². The molecule has 0 fully saturated rings. The lowest BCUT2D eigenvalue weighted by atomic mass is 10.4. The highest BCUT2D eigenvalue weighted by molar-refractivity contribution is 6.95. The maximum atomic E-state index is 6.52. The summed E-state index contributed by atoms with van der Waals surface area (Å²) in [5, 5.41) is 2.66. The molecule has 0 atom stereocenters. The van der Waals surface area contributed by atoms with Crippen molar-refractivity contribution in [3.8, 4) is 0 Å². The largest absolute Gasteiger partial charge is 0.449 e. The van der Waals surface area contributed by atoms with Gasteiger partial charge in [-0.2, -0.15) is 0 Å². The van der Waals surface area contributed by atoms with Gasteiger partial charge in [-0.05, 0) is 62.7 Å². The van der Waals surface area contributed by atoms with Crippen LogP contribution in [0.25, 0.3) is 0 Å². The molecule has 0 bridgehead atoms. The number of hydrogen-bond acceptors (Lipinski definition) is 2. The van der Waals surface area contributed by atoms with Crippen LogP contribution in [0.5, 0.6) is 0 Å². The summed E-state index contributed by atoms with van der Waals surface area (Å²) in [5.41, 5.74) is 4.03. The van der Waals surface area contributed by atoms with E-state index in [1.807, 2.05) is 11.4 Å². The molecule has 6 heteroatoms. The third-order valence-corrected chi connectivity index (χ3v) is 18.0. The molecular formula is C18H34O2Si4. The van der Waals surface area contributed by atoms with E-state index in [1.54, 1.807) is 0 Å². The van der Waals surface area contributed by atoms with Crippen molar-refractivity contribution in [1.82, 2.24) is 0 Å². The Morgan fingerprint density at radius 2 is 0.875 bits per heavy atom. The van der Waals surface area contributed by atoms with E-state index >= 15 is 0 Å². The molecule has 0 amide bonds. The van der Waals surface area contributed by atoms with E-state index in [0.29, 0.717) is 0 Å². The molecule has 0 saturated heterocycles. The Kier molecular flexibility index (Phi) is 6.63. The molecule has 0 aliphatic rings. The second-order valence-electron chi connectivity index (χ2n) is 8.42. The molecule has 0 radical (unpaired) electrons. The van der Waals surface area contributed by atoms with Crippen molar-refractivity contribution in [2.24, 2.45) is 0 Å². The third-order valence-electron chi connectivity index (χ3n) is 4.29. The summed E-state index contributed by atoms with van der Waals surface area (Å²) < 4.78 is 13.0. The smallest absolute Gasteiger partial charge is 0.206 e. The van der Waals surface area contributed by atoms with Crippen molar-refractivity contribution in [1.29, 1.82) is 0 Å². The summed E-state index contributed by atoms with van der Waals surface area (Å²) in [4.78, 5) is 0. The lowest BCUT2D eigenvalue weighted by molar-refractivity contribution is 0.570. The topological polar surface area (TPSA) is 18.5 Å². The first-order chi connectivity index (χ1) is 10.7. The predicted molar refractivity (Wildman–Crippen MR) is 118 cm³/mol. The van der Waals surface area contributed by atoms with Gasteiger partial charge in [-0.1, -0.05) is 35.7 Å². The van der Waals surface area contributed by atoms with Gasteiger partial charge in [0.2, 0.25) is 16.6 Å². The Hall–Kier alpha value is -0.512. The number of hydrogen-bond donors (Lipinski definition) is 0. The monoisotopic (exact) mass is 394 g/mol. The number of benzene rings is 1. The zero-order valence-electron chi connectivity index (χ0n) is 16.7. The van der Waals surface area contributed by atoms with Crippen LogP contribution in [-0.2, 0) is 8.23 Å². The van der Waals surface area contributed by atoms with E-state index in [0.717, 1.165) is 0 Å². The molecule has 1 rings (SSSR count). The maximum absolute atomic E-state index is 6.52. The van der Waals surface area contributed by atoms with Crippen LogP contribution in [0.3, 0.4) is 0 Å². The van der Waals surface area contributed by atoms with Crippen molar-refractivity contribution < 1.29 is 8.23 Å². The minimum atomic E-state index is -1.91. The van der Waals surface area contributed by atoms with Crippen LogP contribution in [0.2, 0.25) is 52.4 Å². The summed E-state index contributed by atoms with van der Waals surface area (Å²) >= 11 is 0. The molecule has 134 valence electrons. The highest BCUT2D eigenvalue weighted by Crippen LogP contribution is 2.17. The van der Waals surface area contributed by atoms with Gasteiger partial charge in [0.05, 0.1) is 0 Å². The highest BCUT2D eigenvalue weighted by Gasteiger charge is 2.35. The zero-order chi connectivity index (χ0) is 18.8. The van der Waals surface area contributed by atoms with Crippen molar-refractivity contribution in [3.05, 3.63) is 48.8 Å². The zero-order valence-corrected chi connectivity index (χ0v) is 20.7. The van der Waals surface area contributed by atoms with Gasteiger partial charge >= 0.3 is 0 Å². The molecule has 0 aromatic heterocycles. The molecule has 0 heterocycles. The Bertz CT molecular complexity index is 537. The number of rotatable bonds is 8. The SMILES string of the molecule is C=C[Si](C)(C)O[Si](C)(C)c1ccc([Si](C)(C)O[Si](C)(C)C=C)cc1. The molecular weight excluding hydrogens is 361 g/mol. The molecule has 0 saturated carbocycles. The summed E-state index contributed by atoms with van der Waals surface area (Å²) in [6.45, 7) is 25.8. The molecule has 0 aliphatic carbocycles. The lowest BCUT2D eigenvalue weighted by Crippen LogP contribution is -2.54. The molecule has 0 spiro atoms. The first kappa shape index (κ1) is 21.5. The van der Waals surface area contributed by atoms with Gasteiger partial charge in [0.15, 0.2) is 16.6 Å². The fourth-order valence-corrected chi connectivity index (χ4v) is 16.9. The Morgan fingerprint density at radius 3 is 1.08 bits per heavy atom. The lowest BCUT2D eigenvalue weighted by Gasteiger charge is -2.34. The van der Waals surface area contributed by atoms with Crippen molar-refractivity contribution in [2.75, 3.05) is 0 Å². The van der Waals surface area contributed by atoms with Crippen molar-refractivity contribution in [3.63, 3.8) is 0 Å². The summed E-state index contributed by atoms with van der Waals surface area (Å²) in [6, 6.07) is 8.98. The minimum absolute atomic E-state index is 1.33. The van der Waals surface area contributed by atoms with Crippen LogP contribution in [-0.4, -0.2) is 33.3 Å². The summed E-state index contributed by atoms with van der Waals surface area (Å²) in [5.74, 6) is 0. The fraction of sp³-hybridized carbons (Fsp3) is 0.444. The standard InChI is InChI=1S/C18H34O2Si4/c1-11-21(3,4)19-23(7,8)17-13-15-18(16-14-17)24(9,10)20-22(5,6)12-2/h11-16H,1-2H2,3-10H3. The second-order valence-corrected chi connectivity index (χ2v) is 24.5. The van der Waals surface area contributed by atoms with Gasteiger partial charge in [0, 0.05) is 0 Å². The van der Waals surface area contributed by atoms with Gasteiger partial charge < -0.3 is 8.23 Å². The summed E-state index contributed by atoms with van der Waals surface area (Å²) in [6.07, 6.45) is 0. The molecule has 0 unspecified atom stereocenters. The normalized spacial score (nSPS) is 13.7. The highest BCUT2D eigenvalue weighted by atomic mass is 28.4. The van der Waals surface area contributed by atoms with Crippen molar-refractivity contribution >= 4 is 43.6 Å². The first-order valence-electron chi connectivity index (χ1n) is 8.53. The maximum Gasteiger partial charge on any atom is 0.206 e. The molecule has 1 aromatic rings. The van der Waals surface area contributed by atoms with Gasteiger partial charge in [-0.25, -0.2) is 0 Å². The second kappa shape index (κ2) is 7.39. The van der Waals surface area contributed by atoms with Gasteiger partial charge in [-0.3, -0.25) is 0 Å². The Morgan fingerprint density at radius 1 is 0.625 bits per heavy atom. The fourth-order valence-electron chi connectivity index (χ4n) is 2.79. The molecule has 24 heavy (non-hydrogen) atoms. The van der Waals surface area contributed by atoms with E-state index in [-0.39, 0.29) is 0 Å². The van der Waals surface area contributed by atoms with E-state index in [9.17, 15) is 0 Å². The van der Waals surface area contributed by atoms with Gasteiger partial charge in [0.1, 0.15) is 0 Å². The quantitative estimate of drug-likeness (QED) is 0.608. The Balaban J connectivity index is 3.04. The minimum Gasteiger partial charge on any atom is -0.449 e. The van der Waals surface area contributed by atoms with Crippen LogP contribution >= 0.6 is 0 Å². The molecule has 0 N–H and O–H groups in total. The van der Waals surface area contributed by atoms with Crippen LogP contribution in [0.1, 0.15) is 0 Å². The van der Waals surface area contributed by atoms with Gasteiger partial charge in [-0.15, -0.1) is 13.2 Å². The van der Waals surface area contributed by atoms with Crippen LogP contribution in [0.15, 0.2) is 48.8 Å². The average molecular weight is 395 g/mol.